The number of pyridine rings is 2. The quantitative estimate of drug-likeness (QED) is 0.270. The van der Waals surface area contributed by atoms with Gasteiger partial charge in [-0.2, -0.15) is 26.0 Å². The fourth-order valence-electron chi connectivity index (χ4n) is 2.92. The molecule has 33 heavy (non-hydrogen) atoms. The van der Waals surface area contributed by atoms with Gasteiger partial charge in [0.2, 0.25) is 5.95 Å². The van der Waals surface area contributed by atoms with E-state index in [1.54, 1.807) is 12.1 Å². The number of nitrogens with two attached hydrogens (primary N) is 1. The molecule has 176 valence electrons. The number of aromatic nitrogens is 2. The Morgan fingerprint density at radius 2 is 1.76 bits per heavy atom. The summed E-state index contributed by atoms with van der Waals surface area (Å²) < 4.78 is 87.1. The molecule has 0 bridgehead atoms. The molecule has 0 spiro atoms. The van der Waals surface area contributed by atoms with Crippen LogP contribution in [0.3, 0.4) is 0 Å². The Hall–Kier alpha value is -3.09. The zero-order chi connectivity index (χ0) is 24.1. The number of nitrogens with zero attached hydrogens (tertiary/aromatic N) is 2. The smallest absolute Gasteiger partial charge is 0.377 e. The number of sulfonamides is 1. The van der Waals surface area contributed by atoms with Crippen molar-refractivity contribution in [3.63, 3.8) is 0 Å². The summed E-state index contributed by atoms with van der Waals surface area (Å²) in [6.07, 6.45) is -4.17. The van der Waals surface area contributed by atoms with Gasteiger partial charge in [-0.25, -0.2) is 9.97 Å². The molecule has 1 aromatic carbocycles. The Bertz CT molecular complexity index is 1220. The van der Waals surface area contributed by atoms with Crippen molar-refractivity contribution < 1.29 is 30.7 Å². The van der Waals surface area contributed by atoms with Crippen LogP contribution >= 0.6 is 0 Å². The highest BCUT2D eigenvalue weighted by molar-refractivity contribution is 7.92. The van der Waals surface area contributed by atoms with Crippen LogP contribution in [-0.4, -0.2) is 31.5 Å². The molecule has 12 heteroatoms. The molecule has 2 aromatic heterocycles. The normalized spacial score (nSPS) is 12.0. The molecule has 0 saturated carbocycles. The summed E-state index contributed by atoms with van der Waals surface area (Å²) in [5, 5.41) is -0.639. The van der Waals surface area contributed by atoms with E-state index >= 15 is 0 Å². The fourth-order valence-corrected chi connectivity index (χ4v) is 3.88. The Morgan fingerprint density at radius 1 is 1.00 bits per heavy atom. The molecule has 0 saturated heterocycles. The predicted octanol–water partition coefficient (Wildman–Crippen LogP) is 3.97. The van der Waals surface area contributed by atoms with Gasteiger partial charge in [0.25, 0.3) is 10.0 Å². The van der Waals surface area contributed by atoms with Gasteiger partial charge in [0, 0.05) is 12.2 Å². The predicted molar refractivity (Wildman–Crippen MR) is 113 cm³/mol. The lowest BCUT2D eigenvalue weighted by Gasteiger charge is -2.17. The zero-order valence-electron chi connectivity index (χ0n) is 17.1. The van der Waals surface area contributed by atoms with Gasteiger partial charge in [-0.1, -0.05) is 30.3 Å². The summed E-state index contributed by atoms with van der Waals surface area (Å²) in [5.74, 6) is -1.41. The minimum Gasteiger partial charge on any atom is -0.377 e. The average molecular weight is 484 g/mol. The van der Waals surface area contributed by atoms with Crippen molar-refractivity contribution in [1.82, 2.24) is 9.97 Å². The first-order valence-corrected chi connectivity index (χ1v) is 11.2. The van der Waals surface area contributed by atoms with Gasteiger partial charge in [0.1, 0.15) is 5.82 Å². The van der Waals surface area contributed by atoms with E-state index in [2.05, 4.69) is 9.97 Å². The SMILES string of the molecule is NCCCOCc1ccccc1-c1nc(NS(=O)(=O)c2cccc(F)n2)ccc1C(F)(F)F. The Labute approximate surface area is 187 Å². The number of ether oxygens (including phenoxy) is 1. The molecule has 0 radical (unpaired) electrons. The lowest BCUT2D eigenvalue weighted by molar-refractivity contribution is -0.137. The van der Waals surface area contributed by atoms with Crippen molar-refractivity contribution in [3.8, 4) is 11.3 Å². The standard InChI is InChI=1S/C21H20F4N4O3S/c22-17-7-3-8-19(27-17)33(30,31)29-18-10-9-16(21(23,24)25)20(28-18)15-6-2-1-5-14(15)13-32-12-4-11-26/h1-3,5-10H,4,11-13,26H2,(H,28,29). The van der Waals surface area contributed by atoms with Gasteiger partial charge in [0.05, 0.1) is 17.9 Å². The van der Waals surface area contributed by atoms with Crippen LogP contribution in [0.5, 0.6) is 0 Å². The summed E-state index contributed by atoms with van der Waals surface area (Å²) in [6, 6.07) is 11.0. The number of nitrogens with one attached hydrogen (secondary N) is 1. The number of halogens is 4. The number of benzene rings is 1. The van der Waals surface area contributed by atoms with E-state index in [4.69, 9.17) is 10.5 Å². The first-order chi connectivity index (χ1) is 15.6. The monoisotopic (exact) mass is 484 g/mol. The maximum Gasteiger partial charge on any atom is 0.418 e. The minimum atomic E-state index is -4.75. The second-order valence-electron chi connectivity index (χ2n) is 6.85. The largest absolute Gasteiger partial charge is 0.418 e. The van der Waals surface area contributed by atoms with Crippen LogP contribution in [0.25, 0.3) is 11.3 Å². The highest BCUT2D eigenvalue weighted by Crippen LogP contribution is 2.38. The Balaban J connectivity index is 2.02. The van der Waals surface area contributed by atoms with Gasteiger partial charge in [-0.15, -0.1) is 0 Å². The van der Waals surface area contributed by atoms with Gasteiger partial charge >= 0.3 is 6.18 Å². The van der Waals surface area contributed by atoms with Crippen LogP contribution in [0.2, 0.25) is 0 Å². The van der Waals surface area contributed by atoms with E-state index < -0.39 is 38.4 Å². The average Bonchev–Trinajstić information content (AvgIpc) is 2.76. The van der Waals surface area contributed by atoms with Crippen molar-refractivity contribution in [2.45, 2.75) is 24.2 Å². The Kier molecular flexibility index (Phi) is 7.61. The van der Waals surface area contributed by atoms with E-state index in [1.807, 2.05) is 4.72 Å². The molecule has 2 heterocycles. The summed E-state index contributed by atoms with van der Waals surface area (Å²) in [6.45, 7) is 0.743. The Morgan fingerprint density at radius 3 is 2.45 bits per heavy atom. The molecular weight excluding hydrogens is 464 g/mol. The molecule has 0 unspecified atom stereocenters. The van der Waals surface area contributed by atoms with E-state index in [1.165, 1.54) is 12.1 Å². The first-order valence-electron chi connectivity index (χ1n) is 9.71. The molecule has 0 fully saturated rings. The highest BCUT2D eigenvalue weighted by atomic mass is 32.2. The van der Waals surface area contributed by atoms with E-state index in [0.717, 1.165) is 30.3 Å². The van der Waals surface area contributed by atoms with Crippen LogP contribution in [0.1, 0.15) is 17.5 Å². The summed E-state index contributed by atoms with van der Waals surface area (Å²) in [4.78, 5) is 7.23. The molecule has 3 rings (SSSR count). The maximum atomic E-state index is 13.7. The van der Waals surface area contributed by atoms with Crippen molar-refractivity contribution in [1.29, 1.82) is 0 Å². The van der Waals surface area contributed by atoms with Gasteiger partial charge in [-0.3, -0.25) is 4.72 Å². The zero-order valence-corrected chi connectivity index (χ0v) is 18.0. The molecule has 3 N–H and O–H groups in total. The third kappa shape index (κ3) is 6.24. The second-order valence-corrected chi connectivity index (χ2v) is 8.48. The fraction of sp³-hybridized carbons (Fsp3) is 0.238. The number of hydrogen-bond donors (Lipinski definition) is 2. The second kappa shape index (κ2) is 10.2. The van der Waals surface area contributed by atoms with Crippen molar-refractivity contribution in [3.05, 3.63) is 71.7 Å². The summed E-state index contributed by atoms with van der Waals surface area (Å²) >= 11 is 0. The lowest BCUT2D eigenvalue weighted by Crippen LogP contribution is -2.17. The molecule has 0 aliphatic carbocycles. The summed E-state index contributed by atoms with van der Waals surface area (Å²) in [5.41, 5.74) is 4.44. The number of anilines is 1. The third-order valence-corrected chi connectivity index (χ3v) is 5.68. The lowest BCUT2D eigenvalue weighted by atomic mass is 10.00. The molecule has 0 atom stereocenters. The van der Waals surface area contributed by atoms with Crippen LogP contribution < -0.4 is 10.5 Å². The minimum absolute atomic E-state index is 0.0122. The molecule has 0 aliphatic heterocycles. The van der Waals surface area contributed by atoms with Crippen LogP contribution in [0.4, 0.5) is 23.4 Å². The molecular formula is C21H20F4N4O3S. The van der Waals surface area contributed by atoms with Gasteiger partial charge in [0.15, 0.2) is 5.03 Å². The third-order valence-electron chi connectivity index (χ3n) is 4.43. The number of hydrogen-bond acceptors (Lipinski definition) is 6. The van der Waals surface area contributed by atoms with Crippen LogP contribution in [-0.2, 0) is 27.5 Å². The van der Waals surface area contributed by atoms with Crippen molar-refractivity contribution >= 4 is 15.8 Å². The molecule has 0 amide bonds. The number of rotatable bonds is 9. The van der Waals surface area contributed by atoms with E-state index in [9.17, 15) is 26.0 Å². The van der Waals surface area contributed by atoms with Gasteiger partial charge < -0.3 is 10.5 Å². The number of alkyl halides is 3. The molecule has 7 nitrogen and oxygen atoms in total. The van der Waals surface area contributed by atoms with Crippen LogP contribution in [0.15, 0.2) is 59.6 Å². The van der Waals surface area contributed by atoms with E-state index in [0.29, 0.717) is 25.1 Å². The summed E-state index contributed by atoms with van der Waals surface area (Å²) in [7, 11) is -4.40. The topological polar surface area (TPSA) is 107 Å². The molecule has 3 aromatic rings. The highest BCUT2D eigenvalue weighted by Gasteiger charge is 2.35. The van der Waals surface area contributed by atoms with Gasteiger partial charge in [-0.05, 0) is 42.8 Å². The maximum absolute atomic E-state index is 13.7. The van der Waals surface area contributed by atoms with Crippen LogP contribution in [0, 0.1) is 5.95 Å². The van der Waals surface area contributed by atoms with Crippen molar-refractivity contribution in [2.75, 3.05) is 17.9 Å². The van der Waals surface area contributed by atoms with Crippen molar-refractivity contribution in [2.24, 2.45) is 5.73 Å². The molecule has 0 aliphatic rings. The first kappa shape index (κ1) is 24.6. The van der Waals surface area contributed by atoms with E-state index in [-0.39, 0.29) is 18.0 Å².